The number of fused-ring (bicyclic) bond motifs is 1. The zero-order valence-corrected chi connectivity index (χ0v) is 9.19. The lowest BCUT2D eigenvalue weighted by molar-refractivity contribution is 0.260. The van der Waals surface area contributed by atoms with Gasteiger partial charge < -0.3 is 10.0 Å². The molecule has 0 radical (unpaired) electrons. The van der Waals surface area contributed by atoms with Crippen LogP contribution in [-0.4, -0.2) is 24.8 Å². The van der Waals surface area contributed by atoms with Crippen molar-refractivity contribution in [1.29, 1.82) is 0 Å². The van der Waals surface area contributed by atoms with Gasteiger partial charge in [0, 0.05) is 30.4 Å². The summed E-state index contributed by atoms with van der Waals surface area (Å²) in [5, 5.41) is 9.87. The van der Waals surface area contributed by atoms with Gasteiger partial charge in [0.25, 0.3) is 0 Å². The summed E-state index contributed by atoms with van der Waals surface area (Å²) in [4.78, 5) is 2.37. The number of piperidine rings is 1. The molecule has 0 amide bonds. The van der Waals surface area contributed by atoms with Crippen molar-refractivity contribution < 1.29 is 5.11 Å². The Hall–Kier alpha value is -0.730. The Labute approximate surface area is 94.5 Å². The lowest BCUT2D eigenvalue weighted by Gasteiger charge is -2.21. The molecule has 1 heterocycles. The maximum absolute atomic E-state index is 9.07. The second-order valence-electron chi connectivity index (χ2n) is 4.56. The summed E-state index contributed by atoms with van der Waals surface area (Å²) in [6, 6.07) is 8.01. The third-order valence-electron chi connectivity index (χ3n) is 3.76. The van der Waals surface area contributed by atoms with Crippen molar-refractivity contribution in [1.82, 2.24) is 0 Å². The van der Waals surface area contributed by atoms with Gasteiger partial charge in [-0.25, -0.2) is 0 Å². The normalized spacial score (nSPS) is 32.9. The minimum Gasteiger partial charge on any atom is -0.396 e. The molecule has 2 aliphatic rings. The highest BCUT2D eigenvalue weighted by molar-refractivity contribution is 6.30. The number of hydrogen-bond acceptors (Lipinski definition) is 2. The summed E-state index contributed by atoms with van der Waals surface area (Å²) in [7, 11) is 0. The molecule has 2 nitrogen and oxygen atoms in total. The van der Waals surface area contributed by atoms with E-state index in [9.17, 15) is 0 Å². The van der Waals surface area contributed by atoms with Crippen LogP contribution in [0.15, 0.2) is 24.3 Å². The minimum atomic E-state index is 0.360. The molecule has 2 atom stereocenters. The van der Waals surface area contributed by atoms with Crippen LogP contribution in [-0.2, 0) is 0 Å². The molecule has 80 valence electrons. The largest absolute Gasteiger partial charge is 0.396 e. The van der Waals surface area contributed by atoms with E-state index < -0.39 is 0 Å². The van der Waals surface area contributed by atoms with Crippen molar-refractivity contribution in [3.8, 4) is 0 Å². The molecule has 3 heteroatoms. The first kappa shape index (κ1) is 9.49. The highest BCUT2D eigenvalue weighted by Crippen LogP contribution is 2.52. The third-order valence-corrected chi connectivity index (χ3v) is 3.99. The minimum absolute atomic E-state index is 0.360. The molecule has 0 aromatic heterocycles. The standard InChI is InChI=1S/C12H14ClNO/c13-8-2-1-3-9(4-8)14-5-10-11(6-14)12(10)7-15/h1-4,10-12,15H,5-7H2. The molecule has 1 aliphatic heterocycles. The number of aliphatic hydroxyl groups excluding tert-OH is 1. The number of hydrogen-bond donors (Lipinski definition) is 1. The molecule has 2 unspecified atom stereocenters. The Morgan fingerprint density at radius 3 is 2.67 bits per heavy atom. The van der Waals surface area contributed by atoms with Crippen LogP contribution in [0.2, 0.25) is 5.02 Å². The molecule has 1 aromatic rings. The maximum atomic E-state index is 9.07. The van der Waals surface area contributed by atoms with Crippen molar-refractivity contribution in [2.45, 2.75) is 0 Å². The van der Waals surface area contributed by atoms with E-state index in [-0.39, 0.29) is 0 Å². The summed E-state index contributed by atoms with van der Waals surface area (Å²) in [5.74, 6) is 2.00. The molecule has 1 aromatic carbocycles. The van der Waals surface area contributed by atoms with Gasteiger partial charge in [-0.1, -0.05) is 17.7 Å². The van der Waals surface area contributed by atoms with E-state index in [4.69, 9.17) is 16.7 Å². The Morgan fingerprint density at radius 1 is 1.33 bits per heavy atom. The van der Waals surface area contributed by atoms with Gasteiger partial charge in [0.05, 0.1) is 0 Å². The molecule has 15 heavy (non-hydrogen) atoms. The van der Waals surface area contributed by atoms with Gasteiger partial charge in [-0.3, -0.25) is 0 Å². The van der Waals surface area contributed by atoms with Gasteiger partial charge in [-0.2, -0.15) is 0 Å². The highest BCUT2D eigenvalue weighted by atomic mass is 35.5. The molecule has 0 bridgehead atoms. The van der Waals surface area contributed by atoms with Crippen LogP contribution >= 0.6 is 11.6 Å². The smallest absolute Gasteiger partial charge is 0.0466 e. The van der Waals surface area contributed by atoms with Gasteiger partial charge >= 0.3 is 0 Å². The van der Waals surface area contributed by atoms with Crippen LogP contribution in [0.25, 0.3) is 0 Å². The molecule has 0 spiro atoms. The van der Waals surface area contributed by atoms with E-state index in [1.807, 2.05) is 18.2 Å². The second kappa shape index (κ2) is 3.39. The number of halogens is 1. The lowest BCUT2D eigenvalue weighted by Crippen LogP contribution is -2.24. The average molecular weight is 224 g/mol. The van der Waals surface area contributed by atoms with Gasteiger partial charge in [-0.15, -0.1) is 0 Å². The Morgan fingerprint density at radius 2 is 2.07 bits per heavy atom. The summed E-state index contributed by atoms with van der Waals surface area (Å²) >= 11 is 5.96. The van der Waals surface area contributed by atoms with E-state index in [0.717, 1.165) is 18.1 Å². The molecule has 2 fully saturated rings. The van der Waals surface area contributed by atoms with Crippen molar-refractivity contribution in [2.24, 2.45) is 17.8 Å². The van der Waals surface area contributed by atoms with Crippen molar-refractivity contribution in [3.05, 3.63) is 29.3 Å². The molecule has 3 rings (SSSR count). The highest BCUT2D eigenvalue weighted by Gasteiger charge is 2.55. The molecular weight excluding hydrogens is 210 g/mol. The first-order valence-corrected chi connectivity index (χ1v) is 5.79. The SMILES string of the molecule is OCC1C2CN(c3cccc(Cl)c3)CC12. The monoisotopic (exact) mass is 223 g/mol. The van der Waals surface area contributed by atoms with E-state index in [1.54, 1.807) is 0 Å². The fourth-order valence-electron chi connectivity index (χ4n) is 2.80. The summed E-state index contributed by atoms with van der Waals surface area (Å²) in [6.07, 6.45) is 0. The fraction of sp³-hybridized carbons (Fsp3) is 0.500. The predicted molar refractivity (Wildman–Crippen MR) is 61.2 cm³/mol. The van der Waals surface area contributed by atoms with Crippen LogP contribution in [0.5, 0.6) is 0 Å². The summed E-state index contributed by atoms with van der Waals surface area (Å²) in [6.45, 7) is 2.52. The average Bonchev–Trinajstić information content (AvgIpc) is 2.70. The first-order chi connectivity index (χ1) is 7.29. The third kappa shape index (κ3) is 1.52. The topological polar surface area (TPSA) is 23.5 Å². The second-order valence-corrected chi connectivity index (χ2v) is 5.00. The molecule has 1 saturated carbocycles. The number of rotatable bonds is 2. The van der Waals surface area contributed by atoms with E-state index in [0.29, 0.717) is 24.4 Å². The number of anilines is 1. The van der Waals surface area contributed by atoms with Crippen molar-refractivity contribution >= 4 is 17.3 Å². The quantitative estimate of drug-likeness (QED) is 0.829. The summed E-state index contributed by atoms with van der Waals surface area (Å²) < 4.78 is 0. The van der Waals surface area contributed by atoms with E-state index in [2.05, 4.69) is 11.0 Å². The van der Waals surface area contributed by atoms with Gasteiger partial charge in [-0.05, 0) is 36.0 Å². The van der Waals surface area contributed by atoms with Crippen molar-refractivity contribution in [2.75, 3.05) is 24.6 Å². The van der Waals surface area contributed by atoms with Gasteiger partial charge in [0.15, 0.2) is 0 Å². The lowest BCUT2D eigenvalue weighted by atomic mass is 10.2. The van der Waals surface area contributed by atoms with Crippen LogP contribution in [0.1, 0.15) is 0 Å². The number of benzene rings is 1. The summed E-state index contributed by atoms with van der Waals surface area (Å²) in [5.41, 5.74) is 1.21. The fourth-order valence-corrected chi connectivity index (χ4v) is 2.99. The number of nitrogens with zero attached hydrogens (tertiary/aromatic N) is 1. The van der Waals surface area contributed by atoms with Crippen molar-refractivity contribution in [3.63, 3.8) is 0 Å². The molecule has 1 N–H and O–H groups in total. The Kier molecular flexibility index (Phi) is 2.15. The van der Waals surface area contributed by atoms with E-state index >= 15 is 0 Å². The van der Waals surface area contributed by atoms with Crippen LogP contribution in [0, 0.1) is 17.8 Å². The first-order valence-electron chi connectivity index (χ1n) is 5.41. The number of aliphatic hydroxyl groups is 1. The van der Waals surface area contributed by atoms with Gasteiger partial charge in [0.1, 0.15) is 0 Å². The molecular formula is C12H14ClNO. The zero-order valence-electron chi connectivity index (χ0n) is 8.44. The Bertz CT molecular complexity index is 370. The van der Waals surface area contributed by atoms with Crippen LogP contribution in [0.3, 0.4) is 0 Å². The van der Waals surface area contributed by atoms with Gasteiger partial charge in [0.2, 0.25) is 0 Å². The zero-order chi connectivity index (χ0) is 10.4. The van der Waals surface area contributed by atoms with E-state index in [1.165, 1.54) is 5.69 Å². The Balaban J connectivity index is 1.72. The van der Waals surface area contributed by atoms with Crippen LogP contribution in [0.4, 0.5) is 5.69 Å². The molecule has 1 aliphatic carbocycles. The predicted octanol–water partition coefficient (Wildman–Crippen LogP) is 2.01. The maximum Gasteiger partial charge on any atom is 0.0466 e. The van der Waals surface area contributed by atoms with Crippen LogP contribution < -0.4 is 4.90 Å². The molecule has 1 saturated heterocycles.